The number of benzene rings is 2. The zero-order valence-electron chi connectivity index (χ0n) is 24.6. The fourth-order valence-corrected chi connectivity index (χ4v) is 5.77. The molecule has 3 rings (SSSR count). The molecule has 2 N–H and O–H groups in total. The average molecular weight is 551 g/mol. The van der Waals surface area contributed by atoms with Crippen molar-refractivity contribution in [1.82, 2.24) is 4.90 Å². The molecule has 0 aromatic heterocycles. The maximum atomic E-state index is 13.3. The SMILES string of the molecule is CCCCCCCCCCNc1ccc2c3c(cccc13)C(=O)N(CCCCCCCCCCCC(=O)O)C2=O. The van der Waals surface area contributed by atoms with Crippen molar-refractivity contribution >= 4 is 34.2 Å². The minimum atomic E-state index is -0.711. The van der Waals surface area contributed by atoms with Crippen LogP contribution in [-0.2, 0) is 4.79 Å². The Labute approximate surface area is 240 Å². The molecule has 6 nitrogen and oxygen atoms in total. The summed E-state index contributed by atoms with van der Waals surface area (Å²) in [5, 5.41) is 14.0. The standard InChI is InChI=1S/C34H50N2O4/c1-2-3-4-5-6-11-14-17-25-35-30-24-23-29-32-27(30)20-19-21-28(32)33(39)36(34(29)40)26-18-15-12-9-7-8-10-13-16-22-31(37)38/h19-21,23-24,35H,2-18,22,25-26H2,1H3,(H,37,38). The lowest BCUT2D eigenvalue weighted by molar-refractivity contribution is -0.137. The van der Waals surface area contributed by atoms with Gasteiger partial charge in [-0.15, -0.1) is 0 Å². The van der Waals surface area contributed by atoms with Crippen LogP contribution in [0.2, 0.25) is 0 Å². The van der Waals surface area contributed by atoms with Gasteiger partial charge in [-0.3, -0.25) is 19.3 Å². The van der Waals surface area contributed by atoms with Gasteiger partial charge in [0, 0.05) is 47.1 Å². The van der Waals surface area contributed by atoms with Gasteiger partial charge in [-0.2, -0.15) is 0 Å². The van der Waals surface area contributed by atoms with Crippen LogP contribution in [0.5, 0.6) is 0 Å². The van der Waals surface area contributed by atoms with Gasteiger partial charge in [-0.05, 0) is 37.5 Å². The van der Waals surface area contributed by atoms with Gasteiger partial charge in [0.15, 0.2) is 0 Å². The highest BCUT2D eigenvalue weighted by molar-refractivity contribution is 6.26. The number of hydrogen-bond donors (Lipinski definition) is 2. The molecule has 2 aromatic rings. The Hall–Kier alpha value is -2.89. The first-order valence-corrected chi connectivity index (χ1v) is 15.9. The van der Waals surface area contributed by atoms with E-state index in [2.05, 4.69) is 12.2 Å². The summed E-state index contributed by atoms with van der Waals surface area (Å²) in [6, 6.07) is 9.68. The van der Waals surface area contributed by atoms with E-state index in [0.29, 0.717) is 17.7 Å². The Balaban J connectivity index is 1.42. The van der Waals surface area contributed by atoms with E-state index < -0.39 is 5.97 Å². The number of nitrogens with one attached hydrogen (secondary N) is 1. The van der Waals surface area contributed by atoms with Crippen molar-refractivity contribution in [3.05, 3.63) is 41.5 Å². The van der Waals surface area contributed by atoms with E-state index in [1.165, 1.54) is 49.8 Å². The first-order valence-electron chi connectivity index (χ1n) is 15.9. The highest BCUT2D eigenvalue weighted by atomic mass is 16.4. The average Bonchev–Trinajstić information content (AvgIpc) is 2.95. The second-order valence-electron chi connectivity index (χ2n) is 11.4. The van der Waals surface area contributed by atoms with Crippen molar-refractivity contribution in [2.45, 2.75) is 122 Å². The van der Waals surface area contributed by atoms with E-state index in [-0.39, 0.29) is 18.2 Å². The van der Waals surface area contributed by atoms with Crippen LogP contribution in [0, 0.1) is 0 Å². The van der Waals surface area contributed by atoms with Crippen molar-refractivity contribution < 1.29 is 19.5 Å². The summed E-state index contributed by atoms with van der Waals surface area (Å²) in [5.41, 5.74) is 2.26. The molecule has 0 unspecified atom stereocenters. The highest BCUT2D eigenvalue weighted by Crippen LogP contribution is 2.34. The smallest absolute Gasteiger partial charge is 0.303 e. The summed E-state index contributed by atoms with van der Waals surface area (Å²) in [4.78, 5) is 38.7. The van der Waals surface area contributed by atoms with Gasteiger partial charge in [0.2, 0.25) is 0 Å². The van der Waals surface area contributed by atoms with E-state index in [0.717, 1.165) is 87.2 Å². The van der Waals surface area contributed by atoms with Crippen molar-refractivity contribution in [2.75, 3.05) is 18.4 Å². The Morgan fingerprint density at radius 1 is 0.700 bits per heavy atom. The molecular formula is C34H50N2O4. The van der Waals surface area contributed by atoms with Crippen molar-refractivity contribution in [2.24, 2.45) is 0 Å². The number of carbonyl (C=O) groups excluding carboxylic acids is 2. The van der Waals surface area contributed by atoms with Crippen molar-refractivity contribution in [3.8, 4) is 0 Å². The molecule has 0 fully saturated rings. The summed E-state index contributed by atoms with van der Waals surface area (Å²) in [6.45, 7) is 3.60. The van der Waals surface area contributed by atoms with Crippen LogP contribution in [0.3, 0.4) is 0 Å². The van der Waals surface area contributed by atoms with Crippen LogP contribution in [0.4, 0.5) is 5.69 Å². The minimum Gasteiger partial charge on any atom is -0.481 e. The Morgan fingerprint density at radius 2 is 1.25 bits per heavy atom. The molecule has 40 heavy (non-hydrogen) atoms. The monoisotopic (exact) mass is 550 g/mol. The number of carbonyl (C=O) groups is 3. The first-order chi connectivity index (χ1) is 19.5. The van der Waals surface area contributed by atoms with Crippen LogP contribution >= 0.6 is 0 Å². The van der Waals surface area contributed by atoms with E-state index in [4.69, 9.17) is 5.11 Å². The van der Waals surface area contributed by atoms with Crippen LogP contribution in [0.15, 0.2) is 30.3 Å². The fourth-order valence-electron chi connectivity index (χ4n) is 5.77. The minimum absolute atomic E-state index is 0.176. The number of nitrogens with zero attached hydrogens (tertiary/aromatic N) is 1. The Bertz CT molecular complexity index is 1070. The molecule has 1 aliphatic heterocycles. The molecule has 0 spiro atoms. The molecule has 2 aromatic carbocycles. The predicted molar refractivity (Wildman–Crippen MR) is 164 cm³/mol. The number of anilines is 1. The molecule has 0 saturated carbocycles. The Kier molecular flexibility index (Phi) is 14.0. The molecule has 0 bridgehead atoms. The quantitative estimate of drug-likeness (QED) is 0.113. The van der Waals surface area contributed by atoms with Crippen LogP contribution in [-0.4, -0.2) is 40.9 Å². The number of unbranched alkanes of at least 4 members (excludes halogenated alkanes) is 15. The second kappa shape index (κ2) is 17.7. The lowest BCUT2D eigenvalue weighted by atomic mass is 9.92. The summed E-state index contributed by atoms with van der Waals surface area (Å²) >= 11 is 0. The van der Waals surface area contributed by atoms with E-state index in [1.807, 2.05) is 30.3 Å². The lowest BCUT2D eigenvalue weighted by Gasteiger charge is -2.28. The van der Waals surface area contributed by atoms with Gasteiger partial charge in [-0.1, -0.05) is 109 Å². The number of carboxylic acids is 1. The summed E-state index contributed by atoms with van der Waals surface area (Å²) in [5.74, 6) is -1.06. The van der Waals surface area contributed by atoms with Gasteiger partial charge < -0.3 is 10.4 Å². The van der Waals surface area contributed by atoms with Gasteiger partial charge in [-0.25, -0.2) is 0 Å². The van der Waals surface area contributed by atoms with E-state index >= 15 is 0 Å². The van der Waals surface area contributed by atoms with Crippen LogP contribution in [0.1, 0.15) is 143 Å². The third-order valence-electron chi connectivity index (χ3n) is 8.11. The maximum Gasteiger partial charge on any atom is 0.303 e. The van der Waals surface area contributed by atoms with Crippen LogP contribution < -0.4 is 5.32 Å². The number of imide groups is 1. The van der Waals surface area contributed by atoms with Gasteiger partial charge >= 0.3 is 5.97 Å². The molecule has 220 valence electrons. The number of amides is 2. The zero-order chi connectivity index (χ0) is 28.6. The predicted octanol–water partition coefficient (Wildman–Crippen LogP) is 8.97. The highest BCUT2D eigenvalue weighted by Gasteiger charge is 2.32. The third kappa shape index (κ3) is 9.64. The third-order valence-corrected chi connectivity index (χ3v) is 8.11. The summed E-state index contributed by atoms with van der Waals surface area (Å²) in [7, 11) is 0. The second-order valence-corrected chi connectivity index (χ2v) is 11.4. The Morgan fingerprint density at radius 3 is 1.88 bits per heavy atom. The van der Waals surface area contributed by atoms with Crippen molar-refractivity contribution in [1.29, 1.82) is 0 Å². The topological polar surface area (TPSA) is 86.7 Å². The van der Waals surface area contributed by atoms with Gasteiger partial charge in [0.1, 0.15) is 0 Å². The number of carboxylic acid groups (broad SMARTS) is 1. The van der Waals surface area contributed by atoms with Gasteiger partial charge in [0.05, 0.1) is 0 Å². The first kappa shape index (κ1) is 31.6. The molecule has 0 atom stereocenters. The molecular weight excluding hydrogens is 500 g/mol. The molecule has 1 heterocycles. The summed E-state index contributed by atoms with van der Waals surface area (Å²) < 4.78 is 0. The largest absolute Gasteiger partial charge is 0.481 e. The molecule has 6 heteroatoms. The van der Waals surface area contributed by atoms with Gasteiger partial charge in [0.25, 0.3) is 11.8 Å². The normalized spacial score (nSPS) is 12.9. The number of aliphatic carboxylic acids is 1. The molecule has 2 amide bonds. The molecule has 0 radical (unpaired) electrons. The van der Waals surface area contributed by atoms with E-state index in [1.54, 1.807) is 0 Å². The van der Waals surface area contributed by atoms with Crippen LogP contribution in [0.25, 0.3) is 10.8 Å². The molecule has 1 aliphatic rings. The fraction of sp³-hybridized carbons (Fsp3) is 0.618. The number of hydrogen-bond acceptors (Lipinski definition) is 4. The zero-order valence-corrected chi connectivity index (χ0v) is 24.6. The lowest BCUT2D eigenvalue weighted by Crippen LogP contribution is -2.40. The number of rotatable bonds is 22. The summed E-state index contributed by atoms with van der Waals surface area (Å²) in [6.07, 6.45) is 19.7. The van der Waals surface area contributed by atoms with Crippen molar-refractivity contribution in [3.63, 3.8) is 0 Å². The molecule has 0 aliphatic carbocycles. The molecule has 0 saturated heterocycles. The maximum absolute atomic E-state index is 13.3. The van der Waals surface area contributed by atoms with E-state index in [9.17, 15) is 14.4 Å².